The van der Waals surface area contributed by atoms with Crippen molar-refractivity contribution in [3.8, 4) is 0 Å². The molecular weight excluding hydrogens is 322 g/mol. The van der Waals surface area contributed by atoms with E-state index in [2.05, 4.69) is 4.74 Å². The van der Waals surface area contributed by atoms with Crippen LogP contribution in [0, 0.1) is 5.82 Å². The van der Waals surface area contributed by atoms with Gasteiger partial charge in [0.25, 0.3) is 5.91 Å². The van der Waals surface area contributed by atoms with Crippen molar-refractivity contribution < 1.29 is 36.6 Å². The predicted octanol–water partition coefficient (Wildman–Crippen LogP) is 2.11. The van der Waals surface area contributed by atoms with E-state index in [9.17, 15) is 27.2 Å². The van der Waals surface area contributed by atoms with E-state index in [0.29, 0.717) is 12.1 Å². The van der Waals surface area contributed by atoms with Crippen molar-refractivity contribution in [3.63, 3.8) is 0 Å². The molecule has 0 radical (unpaired) electrons. The Bertz CT molecular complexity index is 574. The fourth-order valence-electron chi connectivity index (χ4n) is 1.73. The van der Waals surface area contributed by atoms with Crippen LogP contribution in [0.2, 0.25) is 0 Å². The highest BCUT2D eigenvalue weighted by Gasteiger charge is 2.35. The molecule has 0 spiro atoms. The number of amides is 1. The lowest BCUT2D eigenvalue weighted by Gasteiger charge is -2.21. The van der Waals surface area contributed by atoms with E-state index in [-0.39, 0.29) is 13.2 Å². The van der Waals surface area contributed by atoms with E-state index in [1.54, 1.807) is 0 Å². The predicted molar refractivity (Wildman–Crippen MR) is 71.2 cm³/mol. The number of halogens is 4. The molecule has 23 heavy (non-hydrogen) atoms. The SMILES string of the molecule is COCCN(CC(=O)OC)C(=O)c1ccc(F)c(C(F)(F)F)c1. The summed E-state index contributed by atoms with van der Waals surface area (Å²) in [7, 11) is 2.47. The number of benzene rings is 1. The van der Waals surface area contributed by atoms with Crippen molar-refractivity contribution in [3.05, 3.63) is 35.1 Å². The van der Waals surface area contributed by atoms with Gasteiger partial charge in [0.2, 0.25) is 0 Å². The molecule has 0 unspecified atom stereocenters. The van der Waals surface area contributed by atoms with Gasteiger partial charge in [-0.25, -0.2) is 4.39 Å². The maximum Gasteiger partial charge on any atom is 0.419 e. The van der Waals surface area contributed by atoms with Gasteiger partial charge in [-0.05, 0) is 18.2 Å². The second kappa shape index (κ2) is 7.91. The molecule has 0 saturated carbocycles. The van der Waals surface area contributed by atoms with Crippen LogP contribution in [0.5, 0.6) is 0 Å². The molecule has 9 heteroatoms. The lowest BCUT2D eigenvalue weighted by molar-refractivity contribution is -0.142. The molecule has 0 aliphatic heterocycles. The normalized spacial score (nSPS) is 11.2. The van der Waals surface area contributed by atoms with Gasteiger partial charge < -0.3 is 14.4 Å². The average Bonchev–Trinajstić information content (AvgIpc) is 2.49. The monoisotopic (exact) mass is 337 g/mol. The van der Waals surface area contributed by atoms with Crippen molar-refractivity contribution in [2.75, 3.05) is 33.9 Å². The van der Waals surface area contributed by atoms with E-state index in [0.717, 1.165) is 18.1 Å². The number of hydrogen-bond donors (Lipinski definition) is 0. The molecule has 0 N–H and O–H groups in total. The first-order valence-corrected chi connectivity index (χ1v) is 6.42. The summed E-state index contributed by atoms with van der Waals surface area (Å²) in [5, 5.41) is 0. The summed E-state index contributed by atoms with van der Waals surface area (Å²) in [6.45, 7) is -0.434. The number of carbonyl (C=O) groups is 2. The van der Waals surface area contributed by atoms with Crippen LogP contribution in [0.25, 0.3) is 0 Å². The Morgan fingerprint density at radius 2 is 1.87 bits per heavy atom. The molecular formula is C14H15F4NO4. The molecule has 0 heterocycles. The third-order valence-electron chi connectivity index (χ3n) is 2.92. The summed E-state index contributed by atoms with van der Waals surface area (Å²) in [5.74, 6) is -3.09. The molecule has 0 aliphatic rings. The van der Waals surface area contributed by atoms with Gasteiger partial charge in [0.05, 0.1) is 19.3 Å². The van der Waals surface area contributed by atoms with Crippen LogP contribution in [0.1, 0.15) is 15.9 Å². The average molecular weight is 337 g/mol. The number of methoxy groups -OCH3 is 2. The first kappa shape index (κ1) is 18.9. The Labute approximate surface area is 129 Å². The smallest absolute Gasteiger partial charge is 0.419 e. The quantitative estimate of drug-likeness (QED) is 0.589. The fourth-order valence-corrected chi connectivity index (χ4v) is 1.73. The molecule has 0 fully saturated rings. The highest BCUT2D eigenvalue weighted by Crippen LogP contribution is 2.32. The maximum atomic E-state index is 13.3. The molecule has 128 valence electrons. The van der Waals surface area contributed by atoms with E-state index < -0.39 is 41.5 Å². The van der Waals surface area contributed by atoms with Crippen molar-refractivity contribution in [1.29, 1.82) is 0 Å². The van der Waals surface area contributed by atoms with Crippen LogP contribution >= 0.6 is 0 Å². The van der Waals surface area contributed by atoms with E-state index in [1.165, 1.54) is 7.11 Å². The number of ether oxygens (including phenoxy) is 2. The van der Waals surface area contributed by atoms with Gasteiger partial charge in [-0.3, -0.25) is 9.59 Å². The zero-order valence-corrected chi connectivity index (χ0v) is 12.4. The standard InChI is InChI=1S/C14H15F4NO4/c1-22-6-5-19(8-12(20)23-2)13(21)9-3-4-11(15)10(7-9)14(16,17)18/h3-4,7H,5-6,8H2,1-2H3. The summed E-state index contributed by atoms with van der Waals surface area (Å²) < 4.78 is 60.6. The first-order valence-electron chi connectivity index (χ1n) is 6.42. The van der Waals surface area contributed by atoms with Crippen LogP contribution in [0.3, 0.4) is 0 Å². The highest BCUT2D eigenvalue weighted by atomic mass is 19.4. The minimum atomic E-state index is -4.93. The van der Waals surface area contributed by atoms with Crippen LogP contribution in [0.15, 0.2) is 18.2 Å². The highest BCUT2D eigenvalue weighted by molar-refractivity contribution is 5.96. The summed E-state index contributed by atoms with van der Waals surface area (Å²) in [6.07, 6.45) is -4.93. The van der Waals surface area contributed by atoms with Crippen LogP contribution in [-0.4, -0.2) is 50.7 Å². The second-order valence-corrected chi connectivity index (χ2v) is 4.49. The van der Waals surface area contributed by atoms with E-state index in [1.807, 2.05) is 0 Å². The fraction of sp³-hybridized carbons (Fsp3) is 0.429. The number of rotatable bonds is 6. The number of carbonyl (C=O) groups excluding carboxylic acids is 2. The lowest BCUT2D eigenvalue weighted by atomic mass is 10.1. The van der Waals surface area contributed by atoms with Crippen LogP contribution < -0.4 is 0 Å². The number of hydrogen-bond acceptors (Lipinski definition) is 4. The molecule has 1 amide bonds. The lowest BCUT2D eigenvalue weighted by Crippen LogP contribution is -2.38. The van der Waals surface area contributed by atoms with Gasteiger partial charge in [0.15, 0.2) is 0 Å². The number of nitrogens with zero attached hydrogens (tertiary/aromatic N) is 1. The molecule has 0 saturated heterocycles. The third-order valence-corrected chi connectivity index (χ3v) is 2.92. The molecule has 1 aromatic carbocycles. The molecule has 0 aliphatic carbocycles. The third kappa shape index (κ3) is 5.20. The molecule has 0 bridgehead atoms. The van der Waals surface area contributed by atoms with Crippen molar-refractivity contribution in [2.45, 2.75) is 6.18 Å². The molecule has 0 aromatic heterocycles. The van der Waals surface area contributed by atoms with E-state index in [4.69, 9.17) is 4.74 Å². The van der Waals surface area contributed by atoms with Gasteiger partial charge in [0.1, 0.15) is 12.4 Å². The summed E-state index contributed by atoms with van der Waals surface area (Å²) in [5.41, 5.74) is -1.94. The topological polar surface area (TPSA) is 55.8 Å². The van der Waals surface area contributed by atoms with Gasteiger partial charge in [0, 0.05) is 19.2 Å². The van der Waals surface area contributed by atoms with Crippen molar-refractivity contribution >= 4 is 11.9 Å². The van der Waals surface area contributed by atoms with Crippen LogP contribution in [-0.2, 0) is 20.4 Å². The Morgan fingerprint density at radius 3 is 2.39 bits per heavy atom. The summed E-state index contributed by atoms with van der Waals surface area (Å²) >= 11 is 0. The number of alkyl halides is 3. The van der Waals surface area contributed by atoms with Crippen molar-refractivity contribution in [2.24, 2.45) is 0 Å². The summed E-state index contributed by atoms with van der Waals surface area (Å²) in [4.78, 5) is 24.5. The molecule has 1 rings (SSSR count). The molecule has 0 atom stereocenters. The second-order valence-electron chi connectivity index (χ2n) is 4.49. The Hall–Kier alpha value is -2.16. The van der Waals surface area contributed by atoms with Crippen LogP contribution in [0.4, 0.5) is 17.6 Å². The Kier molecular flexibility index (Phi) is 6.49. The Morgan fingerprint density at radius 1 is 1.22 bits per heavy atom. The van der Waals surface area contributed by atoms with Gasteiger partial charge >= 0.3 is 12.1 Å². The Balaban J connectivity index is 3.10. The zero-order valence-electron chi connectivity index (χ0n) is 12.4. The van der Waals surface area contributed by atoms with Gasteiger partial charge in [-0.2, -0.15) is 13.2 Å². The minimum Gasteiger partial charge on any atom is -0.468 e. The van der Waals surface area contributed by atoms with Gasteiger partial charge in [-0.1, -0.05) is 0 Å². The van der Waals surface area contributed by atoms with Gasteiger partial charge in [-0.15, -0.1) is 0 Å². The summed E-state index contributed by atoms with van der Waals surface area (Å²) in [6, 6.07) is 1.89. The van der Waals surface area contributed by atoms with E-state index >= 15 is 0 Å². The molecule has 5 nitrogen and oxygen atoms in total. The van der Waals surface area contributed by atoms with Crippen molar-refractivity contribution in [1.82, 2.24) is 4.90 Å². The largest absolute Gasteiger partial charge is 0.468 e. The maximum absolute atomic E-state index is 13.3. The first-order chi connectivity index (χ1) is 10.7. The minimum absolute atomic E-state index is 0.0385. The molecule has 1 aromatic rings. The zero-order chi connectivity index (χ0) is 17.6. The number of esters is 1.